The van der Waals surface area contributed by atoms with E-state index in [2.05, 4.69) is 38.1 Å². The highest BCUT2D eigenvalue weighted by Crippen LogP contribution is 2.10. The average Bonchev–Trinajstić information content (AvgIpc) is 2.23. The third-order valence-corrected chi connectivity index (χ3v) is 2.90. The number of hydrogen-bond acceptors (Lipinski definition) is 0. The highest BCUT2D eigenvalue weighted by atomic mass is 14.0. The molecule has 1 rings (SSSR count). The fraction of sp³-hybridized carbons (Fsp3) is 0.600. The van der Waals surface area contributed by atoms with Crippen molar-refractivity contribution in [3.05, 3.63) is 35.4 Å². The second kappa shape index (κ2) is 7.50. The Kier molecular flexibility index (Phi) is 6.15. The maximum atomic E-state index is 2.31. The van der Waals surface area contributed by atoms with Gasteiger partial charge in [-0.3, -0.25) is 0 Å². The van der Waals surface area contributed by atoms with Crippen molar-refractivity contribution in [3.63, 3.8) is 0 Å². The smallest absolute Gasteiger partial charge is 0.0279 e. The zero-order valence-electron chi connectivity index (χ0n) is 10.3. The molecule has 0 spiro atoms. The van der Waals surface area contributed by atoms with E-state index in [1.165, 1.54) is 56.1 Å². The van der Waals surface area contributed by atoms with Crippen molar-refractivity contribution in [3.8, 4) is 0 Å². The van der Waals surface area contributed by atoms with Crippen LogP contribution >= 0.6 is 0 Å². The molecule has 0 aliphatic carbocycles. The van der Waals surface area contributed by atoms with Crippen LogP contribution in [0.4, 0.5) is 0 Å². The Morgan fingerprint density at radius 1 is 0.933 bits per heavy atom. The Hall–Kier alpha value is -0.780. The summed E-state index contributed by atoms with van der Waals surface area (Å²) in [5, 5.41) is 0. The summed E-state index contributed by atoms with van der Waals surface area (Å²) in [7, 11) is 0. The van der Waals surface area contributed by atoms with Crippen LogP contribution in [0.3, 0.4) is 0 Å². The van der Waals surface area contributed by atoms with E-state index >= 15 is 0 Å². The lowest BCUT2D eigenvalue weighted by Gasteiger charge is -2.02. The number of rotatable bonds is 7. The van der Waals surface area contributed by atoms with Gasteiger partial charge in [0.05, 0.1) is 0 Å². The number of benzene rings is 1. The summed E-state index contributed by atoms with van der Waals surface area (Å²) in [6, 6.07) is 8.90. The molecule has 0 saturated heterocycles. The van der Waals surface area contributed by atoms with Gasteiger partial charge in [0.2, 0.25) is 0 Å². The van der Waals surface area contributed by atoms with Gasteiger partial charge in [-0.25, -0.2) is 0 Å². The minimum absolute atomic E-state index is 1.26. The van der Waals surface area contributed by atoms with E-state index in [1.54, 1.807) is 0 Å². The number of aryl methyl sites for hydroxylation is 2. The van der Waals surface area contributed by atoms with Crippen molar-refractivity contribution in [2.45, 2.75) is 58.8 Å². The molecule has 1 aromatic rings. The third-order valence-electron chi connectivity index (χ3n) is 2.90. The van der Waals surface area contributed by atoms with Gasteiger partial charge >= 0.3 is 0 Å². The van der Waals surface area contributed by atoms with Gasteiger partial charge in [0.25, 0.3) is 0 Å². The van der Waals surface area contributed by atoms with Crippen LogP contribution in [0.2, 0.25) is 0 Å². The molecule has 0 fully saturated rings. The van der Waals surface area contributed by atoms with Gasteiger partial charge in [0.15, 0.2) is 0 Å². The lowest BCUT2D eigenvalue weighted by atomic mass is 10.0. The van der Waals surface area contributed by atoms with Gasteiger partial charge in [0.1, 0.15) is 0 Å². The van der Waals surface area contributed by atoms with Crippen LogP contribution < -0.4 is 0 Å². The lowest BCUT2D eigenvalue weighted by molar-refractivity contribution is 0.607. The van der Waals surface area contributed by atoms with Crippen LogP contribution in [0.5, 0.6) is 0 Å². The van der Waals surface area contributed by atoms with Crippen molar-refractivity contribution in [1.82, 2.24) is 0 Å². The van der Waals surface area contributed by atoms with E-state index in [0.29, 0.717) is 0 Å². The third kappa shape index (κ3) is 5.61. The highest BCUT2D eigenvalue weighted by Gasteiger charge is 1.94. The molecule has 0 amide bonds. The summed E-state index contributed by atoms with van der Waals surface area (Å²) in [6.07, 6.45) is 9.60. The monoisotopic (exact) mass is 204 g/mol. The summed E-state index contributed by atoms with van der Waals surface area (Å²) in [6.45, 7) is 4.44. The summed E-state index contributed by atoms with van der Waals surface area (Å²) in [5.41, 5.74) is 2.89. The first-order valence-electron chi connectivity index (χ1n) is 6.38. The van der Waals surface area contributed by atoms with Gasteiger partial charge < -0.3 is 0 Å². The van der Waals surface area contributed by atoms with Crippen LogP contribution in [0.15, 0.2) is 24.3 Å². The standard InChI is InChI=1S/C15H24/c1-3-4-5-6-7-8-11-15-12-9-10-14(2)13-15/h9-10,12-13H,3-8,11H2,1-2H3. The molecule has 0 heteroatoms. The maximum absolute atomic E-state index is 2.31. The van der Waals surface area contributed by atoms with Crippen LogP contribution in [0.25, 0.3) is 0 Å². The van der Waals surface area contributed by atoms with Gasteiger partial charge in [-0.2, -0.15) is 0 Å². The van der Waals surface area contributed by atoms with Crippen molar-refractivity contribution in [2.24, 2.45) is 0 Å². The summed E-state index contributed by atoms with van der Waals surface area (Å²) in [5.74, 6) is 0. The van der Waals surface area contributed by atoms with Crippen LogP contribution in [-0.2, 0) is 6.42 Å². The van der Waals surface area contributed by atoms with Crippen LogP contribution in [0, 0.1) is 6.92 Å². The normalized spacial score (nSPS) is 10.5. The molecule has 0 heterocycles. The Bertz CT molecular complexity index is 262. The molecule has 0 aromatic heterocycles. The minimum atomic E-state index is 1.26. The molecule has 0 N–H and O–H groups in total. The van der Waals surface area contributed by atoms with Gasteiger partial charge in [-0.15, -0.1) is 0 Å². The van der Waals surface area contributed by atoms with E-state index in [1.807, 2.05) is 0 Å². The average molecular weight is 204 g/mol. The zero-order valence-corrected chi connectivity index (χ0v) is 10.3. The molecule has 0 atom stereocenters. The van der Waals surface area contributed by atoms with E-state index in [-0.39, 0.29) is 0 Å². The van der Waals surface area contributed by atoms with Crippen molar-refractivity contribution < 1.29 is 0 Å². The quantitative estimate of drug-likeness (QED) is 0.554. The lowest BCUT2D eigenvalue weighted by Crippen LogP contribution is -1.86. The molecule has 0 unspecified atom stereocenters. The van der Waals surface area contributed by atoms with Crippen molar-refractivity contribution in [2.75, 3.05) is 0 Å². The van der Waals surface area contributed by atoms with Gasteiger partial charge in [0, 0.05) is 0 Å². The molecule has 0 nitrogen and oxygen atoms in total. The van der Waals surface area contributed by atoms with Crippen molar-refractivity contribution in [1.29, 1.82) is 0 Å². The SMILES string of the molecule is CCCCCCCCc1cccc(C)c1. The first kappa shape index (κ1) is 12.3. The minimum Gasteiger partial charge on any atom is -0.0654 e. The second-order valence-corrected chi connectivity index (χ2v) is 4.51. The summed E-state index contributed by atoms with van der Waals surface area (Å²) in [4.78, 5) is 0. The molecule has 0 aliphatic heterocycles. The predicted molar refractivity (Wildman–Crippen MR) is 68.3 cm³/mol. The van der Waals surface area contributed by atoms with Crippen LogP contribution in [0.1, 0.15) is 56.6 Å². The van der Waals surface area contributed by atoms with E-state index in [0.717, 1.165) is 0 Å². The Morgan fingerprint density at radius 2 is 1.67 bits per heavy atom. The van der Waals surface area contributed by atoms with Gasteiger partial charge in [-0.1, -0.05) is 68.9 Å². The molecule has 0 radical (unpaired) electrons. The summed E-state index contributed by atoms with van der Waals surface area (Å²) < 4.78 is 0. The maximum Gasteiger partial charge on any atom is -0.0279 e. The molecule has 0 bridgehead atoms. The molecule has 84 valence electrons. The summed E-state index contributed by atoms with van der Waals surface area (Å²) >= 11 is 0. The molecular weight excluding hydrogens is 180 g/mol. The van der Waals surface area contributed by atoms with Crippen LogP contribution in [-0.4, -0.2) is 0 Å². The fourth-order valence-corrected chi connectivity index (χ4v) is 1.98. The molecule has 1 aromatic carbocycles. The fourth-order valence-electron chi connectivity index (χ4n) is 1.98. The zero-order chi connectivity index (χ0) is 10.9. The predicted octanol–water partition coefficient (Wildman–Crippen LogP) is 4.90. The molecule has 15 heavy (non-hydrogen) atoms. The second-order valence-electron chi connectivity index (χ2n) is 4.51. The van der Waals surface area contributed by atoms with Gasteiger partial charge in [-0.05, 0) is 25.3 Å². The molecule has 0 saturated carbocycles. The highest BCUT2D eigenvalue weighted by molar-refractivity contribution is 5.22. The van der Waals surface area contributed by atoms with E-state index in [9.17, 15) is 0 Å². The first-order valence-corrected chi connectivity index (χ1v) is 6.38. The van der Waals surface area contributed by atoms with E-state index in [4.69, 9.17) is 0 Å². The van der Waals surface area contributed by atoms with Crippen molar-refractivity contribution >= 4 is 0 Å². The topological polar surface area (TPSA) is 0 Å². The molecular formula is C15H24. The Morgan fingerprint density at radius 3 is 2.40 bits per heavy atom. The largest absolute Gasteiger partial charge is 0.0654 e. The first-order chi connectivity index (χ1) is 7.33. The molecule has 0 aliphatic rings. The number of unbranched alkanes of at least 4 members (excludes halogenated alkanes) is 5. The van der Waals surface area contributed by atoms with E-state index < -0.39 is 0 Å². The Balaban J connectivity index is 2.10. The number of hydrogen-bond donors (Lipinski definition) is 0. The Labute approximate surface area is 94.7 Å².